The molecule has 3 rings (SSSR count). The number of aryl methyl sites for hydroxylation is 1. The van der Waals surface area contributed by atoms with Crippen molar-refractivity contribution in [2.24, 2.45) is 0 Å². The van der Waals surface area contributed by atoms with Crippen LogP contribution in [0.1, 0.15) is 21.8 Å². The number of amides is 2. The fourth-order valence-corrected chi connectivity index (χ4v) is 2.24. The second-order valence-corrected chi connectivity index (χ2v) is 5.14. The normalized spacial score (nSPS) is 13.1. The van der Waals surface area contributed by atoms with Gasteiger partial charge in [0, 0.05) is 18.7 Å². The van der Waals surface area contributed by atoms with E-state index in [4.69, 9.17) is 9.26 Å². The van der Waals surface area contributed by atoms with E-state index in [1.807, 2.05) is 0 Å². The van der Waals surface area contributed by atoms with Gasteiger partial charge >= 0.3 is 0 Å². The second kappa shape index (κ2) is 5.51. The molecule has 2 amide bonds. The number of hydrogen-bond donors (Lipinski definition) is 1. The molecule has 1 aliphatic heterocycles. The number of fused-ring (bicyclic) bond motifs is 1. The molecule has 0 spiro atoms. The third kappa shape index (κ3) is 2.78. The first-order valence-corrected chi connectivity index (χ1v) is 6.77. The zero-order chi connectivity index (χ0) is 15.7. The monoisotopic (exact) mass is 301 g/mol. The van der Waals surface area contributed by atoms with Crippen molar-refractivity contribution in [1.29, 1.82) is 0 Å². The van der Waals surface area contributed by atoms with Gasteiger partial charge in [-0.15, -0.1) is 0 Å². The third-order valence-electron chi connectivity index (χ3n) is 3.28. The minimum absolute atomic E-state index is 0.0430. The van der Waals surface area contributed by atoms with Crippen molar-refractivity contribution in [1.82, 2.24) is 10.1 Å². The van der Waals surface area contributed by atoms with Gasteiger partial charge in [-0.05, 0) is 25.1 Å². The Morgan fingerprint density at radius 3 is 2.95 bits per heavy atom. The summed E-state index contributed by atoms with van der Waals surface area (Å²) in [7, 11) is 1.69. The van der Waals surface area contributed by atoms with Gasteiger partial charge in [0.1, 0.15) is 17.2 Å². The highest BCUT2D eigenvalue weighted by Gasteiger charge is 2.20. The molecule has 0 aliphatic carbocycles. The van der Waals surface area contributed by atoms with E-state index in [0.717, 1.165) is 0 Å². The van der Waals surface area contributed by atoms with Crippen LogP contribution in [0.15, 0.2) is 28.8 Å². The highest BCUT2D eigenvalue weighted by molar-refractivity contribution is 5.98. The molecule has 1 aliphatic rings. The van der Waals surface area contributed by atoms with E-state index in [-0.39, 0.29) is 18.4 Å². The number of benzene rings is 1. The Morgan fingerprint density at radius 2 is 2.23 bits per heavy atom. The predicted molar refractivity (Wildman–Crippen MR) is 77.6 cm³/mol. The van der Waals surface area contributed by atoms with Crippen molar-refractivity contribution in [2.75, 3.05) is 19.0 Å². The lowest BCUT2D eigenvalue weighted by Crippen LogP contribution is -2.28. The number of aromatic nitrogens is 1. The molecule has 0 radical (unpaired) electrons. The first-order chi connectivity index (χ1) is 10.5. The van der Waals surface area contributed by atoms with Crippen molar-refractivity contribution >= 4 is 17.5 Å². The van der Waals surface area contributed by atoms with Crippen molar-refractivity contribution < 1.29 is 18.8 Å². The van der Waals surface area contributed by atoms with E-state index < -0.39 is 0 Å². The number of rotatable bonds is 3. The number of nitrogens with zero attached hydrogens (tertiary/aromatic N) is 2. The van der Waals surface area contributed by atoms with Crippen LogP contribution in [-0.2, 0) is 11.3 Å². The first kappa shape index (κ1) is 14.1. The topological polar surface area (TPSA) is 84.7 Å². The summed E-state index contributed by atoms with van der Waals surface area (Å²) in [5.41, 5.74) is 1.75. The Hall–Kier alpha value is -2.83. The average Bonchev–Trinajstić information content (AvgIpc) is 2.91. The largest absolute Gasteiger partial charge is 0.482 e. The van der Waals surface area contributed by atoms with Crippen LogP contribution in [0.3, 0.4) is 0 Å². The lowest BCUT2D eigenvalue weighted by Gasteiger charge is -2.20. The van der Waals surface area contributed by atoms with Gasteiger partial charge in [0.25, 0.3) is 11.8 Å². The van der Waals surface area contributed by atoms with Gasteiger partial charge in [-0.1, -0.05) is 5.16 Å². The van der Waals surface area contributed by atoms with Crippen LogP contribution in [0.4, 0.5) is 5.69 Å². The smallest absolute Gasteiger partial charge is 0.262 e. The van der Waals surface area contributed by atoms with Gasteiger partial charge in [-0.2, -0.15) is 0 Å². The quantitative estimate of drug-likeness (QED) is 0.930. The molecule has 7 heteroatoms. The molecule has 2 aromatic rings. The molecule has 0 bridgehead atoms. The van der Waals surface area contributed by atoms with E-state index in [9.17, 15) is 9.59 Å². The maximum atomic E-state index is 12.4. The van der Waals surface area contributed by atoms with E-state index >= 15 is 0 Å². The number of hydrogen-bond acceptors (Lipinski definition) is 5. The molecule has 114 valence electrons. The zero-order valence-corrected chi connectivity index (χ0v) is 12.3. The number of nitrogens with one attached hydrogen (secondary N) is 1. The van der Waals surface area contributed by atoms with Crippen LogP contribution in [0.2, 0.25) is 0 Å². The van der Waals surface area contributed by atoms with Gasteiger partial charge in [0.2, 0.25) is 0 Å². The maximum absolute atomic E-state index is 12.4. The number of ether oxygens (including phenoxy) is 1. The SMILES string of the molecule is Cc1cc(CN(C)C(=O)c2ccc3c(c2)OCC(=O)N3)no1. The minimum atomic E-state index is -0.204. The molecule has 1 N–H and O–H groups in total. The molecule has 0 unspecified atom stereocenters. The van der Waals surface area contributed by atoms with E-state index in [1.165, 1.54) is 0 Å². The van der Waals surface area contributed by atoms with Crippen molar-refractivity contribution in [2.45, 2.75) is 13.5 Å². The molecule has 0 atom stereocenters. The lowest BCUT2D eigenvalue weighted by atomic mass is 10.1. The van der Waals surface area contributed by atoms with Crippen molar-refractivity contribution in [3.8, 4) is 5.75 Å². The second-order valence-electron chi connectivity index (χ2n) is 5.14. The highest BCUT2D eigenvalue weighted by Crippen LogP contribution is 2.29. The van der Waals surface area contributed by atoms with Gasteiger partial charge in [-0.25, -0.2) is 0 Å². The number of carbonyl (C=O) groups excluding carboxylic acids is 2. The summed E-state index contributed by atoms with van der Waals surface area (Å²) in [6.07, 6.45) is 0. The van der Waals surface area contributed by atoms with Crippen LogP contribution < -0.4 is 10.1 Å². The standard InChI is InChI=1S/C15H15N3O4/c1-9-5-11(17-22-9)7-18(2)15(20)10-3-4-12-13(6-10)21-8-14(19)16-12/h3-6H,7-8H2,1-2H3,(H,16,19). The van der Waals surface area contributed by atoms with E-state index in [1.54, 1.807) is 43.1 Å². The maximum Gasteiger partial charge on any atom is 0.262 e. The van der Waals surface area contributed by atoms with Crippen LogP contribution in [0.5, 0.6) is 5.75 Å². The zero-order valence-electron chi connectivity index (χ0n) is 12.3. The summed E-state index contributed by atoms with van der Waals surface area (Å²) in [4.78, 5) is 25.2. The molecule has 1 aromatic carbocycles. The molecule has 1 aromatic heterocycles. The number of carbonyl (C=O) groups is 2. The molecular formula is C15H15N3O4. The fourth-order valence-electron chi connectivity index (χ4n) is 2.24. The Balaban J connectivity index is 1.75. The van der Waals surface area contributed by atoms with Gasteiger partial charge in [0.05, 0.1) is 12.2 Å². The van der Waals surface area contributed by atoms with Crippen LogP contribution in [0, 0.1) is 6.92 Å². The minimum Gasteiger partial charge on any atom is -0.482 e. The number of anilines is 1. The molecule has 0 saturated carbocycles. The summed E-state index contributed by atoms with van der Waals surface area (Å²) in [5, 5.41) is 6.56. The van der Waals surface area contributed by atoms with Crippen LogP contribution in [0.25, 0.3) is 0 Å². The van der Waals surface area contributed by atoms with E-state index in [0.29, 0.717) is 35.0 Å². The molecule has 22 heavy (non-hydrogen) atoms. The van der Waals surface area contributed by atoms with Gasteiger partial charge in [-0.3, -0.25) is 9.59 Å². The molecule has 7 nitrogen and oxygen atoms in total. The molecule has 2 heterocycles. The summed E-state index contributed by atoms with van der Waals surface area (Å²) in [6.45, 7) is 2.11. The predicted octanol–water partition coefficient (Wildman–Crippen LogP) is 1.59. The fraction of sp³-hybridized carbons (Fsp3) is 0.267. The van der Waals surface area contributed by atoms with E-state index in [2.05, 4.69) is 10.5 Å². The first-order valence-electron chi connectivity index (χ1n) is 6.77. The summed E-state index contributed by atoms with van der Waals surface area (Å²) < 4.78 is 10.3. The summed E-state index contributed by atoms with van der Waals surface area (Å²) in [5.74, 6) is 0.832. The summed E-state index contributed by atoms with van der Waals surface area (Å²) >= 11 is 0. The highest BCUT2D eigenvalue weighted by atomic mass is 16.5. The van der Waals surface area contributed by atoms with Crippen molar-refractivity contribution in [3.05, 3.63) is 41.3 Å². The Bertz CT molecular complexity index is 738. The Labute approximate surface area is 126 Å². The third-order valence-corrected chi connectivity index (χ3v) is 3.28. The molecule has 0 saturated heterocycles. The molecular weight excluding hydrogens is 286 g/mol. The lowest BCUT2D eigenvalue weighted by molar-refractivity contribution is -0.118. The van der Waals surface area contributed by atoms with Crippen molar-refractivity contribution in [3.63, 3.8) is 0 Å². The summed E-state index contributed by atoms with van der Waals surface area (Å²) in [6, 6.07) is 6.73. The van der Waals surface area contributed by atoms with Gasteiger partial charge in [0.15, 0.2) is 6.61 Å². The Morgan fingerprint density at radius 1 is 1.41 bits per heavy atom. The van der Waals surface area contributed by atoms with Crippen LogP contribution in [-0.4, -0.2) is 35.5 Å². The van der Waals surface area contributed by atoms with Crippen LogP contribution >= 0.6 is 0 Å². The average molecular weight is 301 g/mol. The molecule has 0 fully saturated rings. The Kier molecular flexibility index (Phi) is 3.54. The van der Waals surface area contributed by atoms with Gasteiger partial charge < -0.3 is 19.5 Å².